The van der Waals surface area contributed by atoms with Crippen LogP contribution in [-0.4, -0.2) is 14.3 Å². The molecule has 25 heavy (non-hydrogen) atoms. The van der Waals surface area contributed by atoms with Crippen LogP contribution in [0.15, 0.2) is 59.5 Å². The Bertz CT molecular complexity index is 967. The molecule has 0 bridgehead atoms. The highest BCUT2D eigenvalue weighted by Gasteiger charge is 2.26. The first-order valence-electron chi connectivity index (χ1n) is 7.96. The maximum atomic E-state index is 12.5. The second-order valence-electron chi connectivity index (χ2n) is 6.08. The van der Waals surface area contributed by atoms with E-state index in [1.165, 1.54) is 10.6 Å². The molecule has 0 aliphatic heterocycles. The molecule has 1 atom stereocenters. The predicted octanol–water partition coefficient (Wildman–Crippen LogP) is 3.41. The van der Waals surface area contributed by atoms with Crippen molar-refractivity contribution < 1.29 is 4.92 Å². The number of fused-ring (bicyclic) bond motifs is 1. The molecule has 0 saturated heterocycles. The van der Waals surface area contributed by atoms with Crippen molar-refractivity contribution in [3.8, 4) is 0 Å². The Morgan fingerprint density at radius 2 is 1.80 bits per heavy atom. The van der Waals surface area contributed by atoms with Crippen molar-refractivity contribution in [2.24, 2.45) is 5.92 Å². The van der Waals surface area contributed by atoms with Gasteiger partial charge in [-0.25, -0.2) is 4.98 Å². The van der Waals surface area contributed by atoms with E-state index >= 15 is 0 Å². The van der Waals surface area contributed by atoms with Crippen LogP contribution in [0.3, 0.4) is 0 Å². The van der Waals surface area contributed by atoms with Crippen LogP contribution in [0.2, 0.25) is 0 Å². The van der Waals surface area contributed by atoms with Crippen molar-refractivity contribution in [3.63, 3.8) is 0 Å². The highest BCUT2D eigenvalue weighted by molar-refractivity contribution is 5.60. The number of nitro groups is 1. The van der Waals surface area contributed by atoms with Gasteiger partial charge in [0.25, 0.3) is 0 Å². The van der Waals surface area contributed by atoms with Gasteiger partial charge in [-0.3, -0.25) is 19.3 Å². The molecule has 0 fully saturated rings. The zero-order chi connectivity index (χ0) is 18.0. The SMILES string of the molecule is CC(C)C(Nc1nc2ccccn2c(=O)c1[N+](=O)[O-])c1ccccc1. The summed E-state index contributed by atoms with van der Waals surface area (Å²) in [5.74, 6) is 0.127. The van der Waals surface area contributed by atoms with Crippen LogP contribution in [0.1, 0.15) is 25.5 Å². The summed E-state index contributed by atoms with van der Waals surface area (Å²) in [4.78, 5) is 27.6. The van der Waals surface area contributed by atoms with Crippen LogP contribution in [0.5, 0.6) is 0 Å². The number of benzene rings is 1. The van der Waals surface area contributed by atoms with Gasteiger partial charge >= 0.3 is 11.2 Å². The van der Waals surface area contributed by atoms with Gasteiger partial charge in [0.1, 0.15) is 5.65 Å². The van der Waals surface area contributed by atoms with Gasteiger partial charge in [0.05, 0.1) is 11.0 Å². The summed E-state index contributed by atoms with van der Waals surface area (Å²) in [6.45, 7) is 4.01. The van der Waals surface area contributed by atoms with Crippen molar-refractivity contribution >= 4 is 17.2 Å². The van der Waals surface area contributed by atoms with Gasteiger partial charge in [0, 0.05) is 6.20 Å². The number of hydrogen-bond acceptors (Lipinski definition) is 5. The fraction of sp³-hybridized carbons (Fsp3) is 0.222. The molecule has 0 aliphatic carbocycles. The smallest absolute Gasteiger partial charge is 0.357 e. The Morgan fingerprint density at radius 3 is 2.44 bits per heavy atom. The van der Waals surface area contributed by atoms with E-state index in [9.17, 15) is 14.9 Å². The average Bonchev–Trinajstić information content (AvgIpc) is 2.60. The van der Waals surface area contributed by atoms with Gasteiger partial charge in [-0.05, 0) is 23.6 Å². The lowest BCUT2D eigenvalue weighted by Gasteiger charge is -2.23. The van der Waals surface area contributed by atoms with E-state index in [0.29, 0.717) is 5.65 Å². The first-order valence-corrected chi connectivity index (χ1v) is 7.96. The molecular formula is C18H18N4O3. The zero-order valence-electron chi connectivity index (χ0n) is 13.9. The molecule has 0 spiro atoms. The Labute approximate surface area is 144 Å². The van der Waals surface area contributed by atoms with Crippen LogP contribution >= 0.6 is 0 Å². The molecule has 1 N–H and O–H groups in total. The third kappa shape index (κ3) is 3.21. The molecule has 0 aliphatic rings. The standard InChI is InChI=1S/C18H18N4O3/c1-12(2)15(13-8-4-3-5-9-13)20-17-16(22(24)25)18(23)21-11-7-6-10-14(21)19-17/h3-12,15,20H,1-2H3. The molecule has 3 aromatic rings. The highest BCUT2D eigenvalue weighted by Crippen LogP contribution is 2.29. The van der Waals surface area contributed by atoms with Crippen LogP contribution < -0.4 is 10.9 Å². The number of nitrogens with zero attached hydrogens (tertiary/aromatic N) is 3. The normalized spacial score (nSPS) is 12.3. The minimum Gasteiger partial charge on any atom is -0.357 e. The van der Waals surface area contributed by atoms with Crippen molar-refractivity contribution in [1.82, 2.24) is 9.38 Å². The van der Waals surface area contributed by atoms with Crippen LogP contribution in [0, 0.1) is 16.0 Å². The summed E-state index contributed by atoms with van der Waals surface area (Å²) < 4.78 is 1.18. The fourth-order valence-corrected chi connectivity index (χ4v) is 2.79. The second-order valence-corrected chi connectivity index (χ2v) is 6.08. The first-order chi connectivity index (χ1) is 12.0. The molecule has 2 heterocycles. The molecular weight excluding hydrogens is 320 g/mol. The molecule has 0 amide bonds. The van der Waals surface area contributed by atoms with Gasteiger partial charge in [-0.2, -0.15) is 0 Å². The maximum Gasteiger partial charge on any atom is 0.376 e. The fourth-order valence-electron chi connectivity index (χ4n) is 2.79. The number of anilines is 1. The summed E-state index contributed by atoms with van der Waals surface area (Å²) in [7, 11) is 0. The molecule has 2 aromatic heterocycles. The molecule has 0 radical (unpaired) electrons. The first kappa shape index (κ1) is 16.6. The Morgan fingerprint density at radius 1 is 1.12 bits per heavy atom. The van der Waals surface area contributed by atoms with E-state index in [4.69, 9.17) is 0 Å². The highest BCUT2D eigenvalue weighted by atomic mass is 16.6. The average molecular weight is 338 g/mol. The minimum atomic E-state index is -0.700. The second kappa shape index (κ2) is 6.72. The number of hydrogen-bond donors (Lipinski definition) is 1. The molecule has 3 rings (SSSR count). The van der Waals surface area contributed by atoms with Crippen molar-refractivity contribution in [3.05, 3.63) is 80.8 Å². The number of nitrogens with one attached hydrogen (secondary N) is 1. The van der Waals surface area contributed by atoms with E-state index in [0.717, 1.165) is 5.56 Å². The Hall–Kier alpha value is -3.22. The van der Waals surface area contributed by atoms with Gasteiger partial charge in [0.15, 0.2) is 0 Å². The number of aromatic nitrogens is 2. The molecule has 7 nitrogen and oxygen atoms in total. The van der Waals surface area contributed by atoms with E-state index in [1.54, 1.807) is 18.2 Å². The summed E-state index contributed by atoms with van der Waals surface area (Å²) in [5.41, 5.74) is 0.0805. The molecule has 0 saturated carbocycles. The number of rotatable bonds is 5. The van der Waals surface area contributed by atoms with Gasteiger partial charge in [0.2, 0.25) is 5.82 Å². The van der Waals surface area contributed by atoms with E-state index in [-0.39, 0.29) is 17.8 Å². The molecule has 128 valence electrons. The quantitative estimate of drug-likeness (QED) is 0.569. The third-order valence-electron chi connectivity index (χ3n) is 4.01. The van der Waals surface area contributed by atoms with E-state index < -0.39 is 16.2 Å². The monoisotopic (exact) mass is 338 g/mol. The Kier molecular flexibility index (Phi) is 4.47. The summed E-state index contributed by atoms with van der Waals surface area (Å²) in [6, 6.07) is 14.4. The zero-order valence-corrected chi connectivity index (χ0v) is 13.9. The van der Waals surface area contributed by atoms with Crippen molar-refractivity contribution in [2.45, 2.75) is 19.9 Å². The minimum absolute atomic E-state index is 0.0104. The summed E-state index contributed by atoms with van der Waals surface area (Å²) in [6.07, 6.45) is 1.47. The molecule has 1 aromatic carbocycles. The maximum absolute atomic E-state index is 12.5. The van der Waals surface area contributed by atoms with Crippen LogP contribution in [0.4, 0.5) is 11.5 Å². The van der Waals surface area contributed by atoms with Crippen molar-refractivity contribution in [2.75, 3.05) is 5.32 Å². The summed E-state index contributed by atoms with van der Waals surface area (Å²) in [5, 5.41) is 14.6. The van der Waals surface area contributed by atoms with E-state index in [2.05, 4.69) is 10.3 Å². The Balaban J connectivity index is 2.15. The van der Waals surface area contributed by atoms with Crippen LogP contribution in [-0.2, 0) is 0 Å². The van der Waals surface area contributed by atoms with Gasteiger partial charge < -0.3 is 5.32 Å². The lowest BCUT2D eigenvalue weighted by atomic mass is 9.96. The topological polar surface area (TPSA) is 89.5 Å². The van der Waals surface area contributed by atoms with E-state index in [1.807, 2.05) is 44.2 Å². The van der Waals surface area contributed by atoms with Gasteiger partial charge in [-0.1, -0.05) is 50.2 Å². The van der Waals surface area contributed by atoms with Crippen LogP contribution in [0.25, 0.3) is 5.65 Å². The van der Waals surface area contributed by atoms with Crippen molar-refractivity contribution in [1.29, 1.82) is 0 Å². The van der Waals surface area contributed by atoms with Gasteiger partial charge in [-0.15, -0.1) is 0 Å². The largest absolute Gasteiger partial charge is 0.376 e. The summed E-state index contributed by atoms with van der Waals surface area (Å²) >= 11 is 0. The lowest BCUT2D eigenvalue weighted by molar-refractivity contribution is -0.385. The predicted molar refractivity (Wildman–Crippen MR) is 95.8 cm³/mol. The third-order valence-corrected chi connectivity index (χ3v) is 4.01. The molecule has 7 heteroatoms. The number of pyridine rings is 1. The lowest BCUT2D eigenvalue weighted by Crippen LogP contribution is -2.24. The molecule has 1 unspecified atom stereocenters.